The van der Waals surface area contributed by atoms with Crippen LogP contribution in [0.25, 0.3) is 0 Å². The van der Waals surface area contributed by atoms with Gasteiger partial charge in [0.1, 0.15) is 5.69 Å². The third kappa shape index (κ3) is 27.0. The molecule has 0 fully saturated rings. The molecule has 74 heavy (non-hydrogen) atoms. The Morgan fingerprint density at radius 1 is 0.297 bits per heavy atom. The lowest BCUT2D eigenvalue weighted by Gasteiger charge is -2.36. The average molecular weight is 1040 g/mol. The molecule has 0 aromatic heterocycles. The predicted molar refractivity (Wildman–Crippen MR) is 323 cm³/mol. The summed E-state index contributed by atoms with van der Waals surface area (Å²) in [6, 6.07) is 36.0. The Hall–Kier alpha value is -3.55. The monoisotopic (exact) mass is 1040 g/mol. The second kappa shape index (κ2) is 43.5. The number of hydrogen-bond acceptors (Lipinski definition) is 6. The van der Waals surface area contributed by atoms with E-state index in [0.29, 0.717) is 25.7 Å². The second-order valence-electron chi connectivity index (χ2n) is 21.2. The largest absolute Gasteiger partial charge is 0.269 e. The Kier molecular flexibility index (Phi) is 37.1. The van der Waals surface area contributed by atoms with Crippen LogP contribution in [0.3, 0.4) is 0 Å². The topological polar surface area (TPSA) is 37.4 Å². The number of unbranched alkanes of at least 4 members (excludes halogenated alkanes) is 33. The molecule has 0 spiro atoms. The summed E-state index contributed by atoms with van der Waals surface area (Å²) < 4.78 is 0. The van der Waals surface area contributed by atoms with Gasteiger partial charge in [0, 0.05) is 5.88 Å². The highest BCUT2D eigenvalue weighted by atomic mass is 35.5. The fourth-order valence-electron chi connectivity index (χ4n) is 10.1. The van der Waals surface area contributed by atoms with E-state index in [-0.39, 0.29) is 0 Å². The Morgan fingerprint density at radius 2 is 0.527 bits per heavy atom. The molecule has 0 aliphatic heterocycles. The maximum Gasteiger partial charge on any atom is 0.122 e. The van der Waals surface area contributed by atoms with Crippen molar-refractivity contribution in [1.29, 1.82) is 0 Å². The zero-order valence-electron chi connectivity index (χ0n) is 47.5. The fourth-order valence-corrected chi connectivity index (χ4v) is 10.2. The van der Waals surface area contributed by atoms with Crippen molar-refractivity contribution in [2.75, 3.05) is 35.0 Å². The molecule has 0 aliphatic carbocycles. The van der Waals surface area contributed by atoms with Gasteiger partial charge in [0.2, 0.25) is 0 Å². The van der Waals surface area contributed by atoms with Gasteiger partial charge in [-0.1, -0.05) is 287 Å². The molecule has 0 bridgehead atoms. The van der Waals surface area contributed by atoms with E-state index in [4.69, 9.17) is 26.1 Å². The molecule has 0 radical (unpaired) electrons. The van der Waals surface area contributed by atoms with Crippen molar-refractivity contribution < 1.29 is 14.5 Å². The summed E-state index contributed by atoms with van der Waals surface area (Å²) in [4.78, 5) is 21.2. The Morgan fingerprint density at radius 3 is 0.784 bits per heavy atom. The van der Waals surface area contributed by atoms with Crippen molar-refractivity contribution in [2.24, 2.45) is 0 Å². The molecule has 0 aliphatic rings. The number of para-hydroxylation sites is 3. The number of benzene rings is 4. The zero-order chi connectivity index (χ0) is 52.2. The maximum absolute atomic E-state index is 7.11. The van der Waals surface area contributed by atoms with Gasteiger partial charge in [0.25, 0.3) is 0 Å². The van der Waals surface area contributed by atoms with Gasteiger partial charge in [0.15, 0.2) is 0 Å². The summed E-state index contributed by atoms with van der Waals surface area (Å²) in [5.74, 6) is 0.327. The summed E-state index contributed by atoms with van der Waals surface area (Å²) in [5, 5.41) is 6.11. The molecule has 0 saturated heterocycles. The van der Waals surface area contributed by atoms with Crippen molar-refractivity contribution in [3.63, 3.8) is 0 Å². The summed E-state index contributed by atoms with van der Waals surface area (Å²) in [6.45, 7) is 8.65. The van der Waals surface area contributed by atoms with Crippen LogP contribution in [-0.4, -0.2) is 19.8 Å². The van der Waals surface area contributed by atoms with Crippen LogP contribution in [0.15, 0.2) is 103 Å². The molecular formula is C67H106ClN3O3. The van der Waals surface area contributed by atoms with Gasteiger partial charge in [-0.3, -0.25) is 14.5 Å². The Labute approximate surface area is 459 Å². The van der Waals surface area contributed by atoms with Gasteiger partial charge >= 0.3 is 0 Å². The van der Waals surface area contributed by atoms with Crippen LogP contribution in [0.5, 0.6) is 0 Å². The van der Waals surface area contributed by atoms with Gasteiger partial charge in [-0.05, 0) is 73.4 Å². The normalized spacial score (nSPS) is 11.4. The molecule has 0 amide bonds. The first-order valence-corrected chi connectivity index (χ1v) is 31.4. The third-order valence-corrected chi connectivity index (χ3v) is 14.9. The number of alkyl halides is 1. The fraction of sp³-hybridized carbons (Fsp3) is 0.642. The van der Waals surface area contributed by atoms with Crippen molar-refractivity contribution in [2.45, 2.75) is 258 Å². The highest BCUT2D eigenvalue weighted by Gasteiger charge is 2.29. The smallest absolute Gasteiger partial charge is 0.122 e. The van der Waals surface area contributed by atoms with Crippen LogP contribution in [0.2, 0.25) is 0 Å². The van der Waals surface area contributed by atoms with E-state index in [2.05, 4.69) is 124 Å². The predicted octanol–water partition coefficient (Wildman–Crippen LogP) is 22.7. The van der Waals surface area contributed by atoms with E-state index in [0.717, 1.165) is 78.2 Å². The molecule has 414 valence electrons. The van der Waals surface area contributed by atoms with E-state index >= 15 is 0 Å². The molecule has 4 rings (SSSR count). The minimum absolute atomic E-state index is 0.327. The van der Waals surface area contributed by atoms with Gasteiger partial charge in [0.05, 0.1) is 48.3 Å². The molecule has 0 atom stereocenters. The minimum atomic E-state index is 0.327. The van der Waals surface area contributed by atoms with Crippen LogP contribution in [0.1, 0.15) is 257 Å². The lowest BCUT2D eigenvalue weighted by molar-refractivity contribution is 0.118. The highest BCUT2D eigenvalue weighted by molar-refractivity contribution is 6.17. The van der Waals surface area contributed by atoms with Crippen molar-refractivity contribution in [3.8, 4) is 0 Å². The quantitative estimate of drug-likeness (QED) is 0.0249. The van der Waals surface area contributed by atoms with Crippen molar-refractivity contribution >= 4 is 45.7 Å². The first kappa shape index (κ1) is 63.0. The van der Waals surface area contributed by atoms with E-state index < -0.39 is 0 Å². The van der Waals surface area contributed by atoms with Crippen LogP contribution < -0.4 is 15.2 Å². The van der Waals surface area contributed by atoms with E-state index in [1.165, 1.54) is 193 Å². The lowest BCUT2D eigenvalue weighted by Crippen LogP contribution is -2.28. The zero-order valence-corrected chi connectivity index (χ0v) is 48.3. The molecule has 0 unspecified atom stereocenters. The summed E-state index contributed by atoms with van der Waals surface area (Å²) in [5.41, 5.74) is 6.37. The SMILES string of the molecule is CCCCCCCCCCCCCCON(c1ccccc1)c1cc(CCl)cc(N(OCCCCCCCCCCCCCC)c2ccccc2)c1N(OCCCCCCCCCCCCCC)c1ccccc1. The van der Waals surface area contributed by atoms with Crippen molar-refractivity contribution in [3.05, 3.63) is 109 Å². The first-order valence-electron chi connectivity index (χ1n) is 30.9. The Balaban J connectivity index is 1.60. The van der Waals surface area contributed by atoms with Crippen LogP contribution in [0.4, 0.5) is 34.1 Å². The van der Waals surface area contributed by atoms with Gasteiger partial charge in [-0.2, -0.15) is 0 Å². The number of rotatable bonds is 49. The molecule has 0 heterocycles. The highest BCUT2D eigenvalue weighted by Crippen LogP contribution is 2.48. The molecule has 0 saturated carbocycles. The van der Waals surface area contributed by atoms with E-state index in [9.17, 15) is 0 Å². The summed E-state index contributed by atoms with van der Waals surface area (Å²) in [7, 11) is 0. The summed E-state index contributed by atoms with van der Waals surface area (Å²) in [6.07, 6.45) is 46.7. The molecule has 0 N–H and O–H groups in total. The van der Waals surface area contributed by atoms with Crippen LogP contribution >= 0.6 is 11.6 Å². The lowest BCUT2D eigenvalue weighted by atomic mass is 10.1. The van der Waals surface area contributed by atoms with Crippen LogP contribution in [-0.2, 0) is 20.4 Å². The average Bonchev–Trinajstić information content (AvgIpc) is 3.44. The summed E-state index contributed by atoms with van der Waals surface area (Å²) >= 11 is 6.93. The Bertz CT molecular complexity index is 1770. The number of hydrogen-bond donors (Lipinski definition) is 0. The van der Waals surface area contributed by atoms with Gasteiger partial charge in [-0.25, -0.2) is 15.2 Å². The van der Waals surface area contributed by atoms with Crippen molar-refractivity contribution in [1.82, 2.24) is 0 Å². The number of nitrogens with zero attached hydrogens (tertiary/aromatic N) is 3. The molecule has 6 nitrogen and oxygen atoms in total. The van der Waals surface area contributed by atoms with Gasteiger partial charge < -0.3 is 0 Å². The molecule has 4 aromatic carbocycles. The number of halogens is 1. The molecule has 4 aromatic rings. The first-order chi connectivity index (χ1) is 36.7. The third-order valence-electron chi connectivity index (χ3n) is 14.6. The minimum Gasteiger partial charge on any atom is -0.269 e. The standard InChI is InChI=1S/C67H106ClN3O3/c1-4-7-10-13-16-19-22-25-28-31-34-46-55-72-69(62-49-40-37-41-50-62)65-58-61(60-68)59-66(70(63-51-42-38-43-52-63)73-56-47-35-32-29-26-23-20-17-14-11-8-5-2)67(65)71(64-53-44-39-45-54-64)74-57-48-36-33-30-27-24-21-18-15-12-9-6-3/h37-45,49-54,58-59H,4-36,46-48,55-57,60H2,1-3H3. The second-order valence-corrected chi connectivity index (χ2v) is 21.4. The van der Waals surface area contributed by atoms with Gasteiger partial charge in [-0.15, -0.1) is 11.6 Å². The molecule has 7 heteroatoms. The molecular weight excluding hydrogens is 930 g/mol. The maximum atomic E-state index is 7.11. The van der Waals surface area contributed by atoms with E-state index in [1.54, 1.807) is 0 Å². The number of anilines is 6. The van der Waals surface area contributed by atoms with E-state index in [1.807, 2.05) is 15.2 Å². The van der Waals surface area contributed by atoms with Crippen LogP contribution in [0, 0.1) is 0 Å².